The molecular formula is C13H19NO2. The Labute approximate surface area is 96.5 Å². The Morgan fingerprint density at radius 3 is 2.50 bits per heavy atom. The minimum atomic E-state index is -0.130. The van der Waals surface area contributed by atoms with Gasteiger partial charge in [0.05, 0.1) is 0 Å². The number of amides is 1. The summed E-state index contributed by atoms with van der Waals surface area (Å²) in [5.74, 6) is 0.418. The lowest BCUT2D eigenvalue weighted by molar-refractivity contribution is 0.0929. The van der Waals surface area contributed by atoms with E-state index in [9.17, 15) is 9.90 Å². The van der Waals surface area contributed by atoms with Gasteiger partial charge < -0.3 is 10.4 Å². The van der Waals surface area contributed by atoms with Gasteiger partial charge in [-0.2, -0.15) is 0 Å². The average molecular weight is 221 g/mol. The fourth-order valence-corrected chi connectivity index (χ4v) is 1.32. The average Bonchev–Trinajstić information content (AvgIpc) is 2.21. The minimum absolute atomic E-state index is 0.120. The van der Waals surface area contributed by atoms with Crippen molar-refractivity contribution in [2.75, 3.05) is 0 Å². The van der Waals surface area contributed by atoms with Gasteiger partial charge in [0, 0.05) is 17.2 Å². The van der Waals surface area contributed by atoms with Gasteiger partial charge in [0.25, 0.3) is 5.91 Å². The molecule has 0 saturated carbocycles. The maximum atomic E-state index is 11.9. The van der Waals surface area contributed by atoms with Crippen LogP contribution in [0.25, 0.3) is 0 Å². The van der Waals surface area contributed by atoms with Crippen LogP contribution in [0.15, 0.2) is 18.2 Å². The first-order chi connectivity index (χ1) is 7.43. The van der Waals surface area contributed by atoms with Crippen molar-refractivity contribution in [3.63, 3.8) is 0 Å². The van der Waals surface area contributed by atoms with E-state index in [1.807, 2.05) is 6.92 Å². The van der Waals surface area contributed by atoms with Crippen LogP contribution in [-0.2, 0) is 0 Å². The molecule has 2 N–H and O–H groups in total. The van der Waals surface area contributed by atoms with Crippen molar-refractivity contribution in [2.24, 2.45) is 5.92 Å². The van der Waals surface area contributed by atoms with Crippen molar-refractivity contribution in [3.05, 3.63) is 29.3 Å². The molecule has 0 aromatic heterocycles. The molecular weight excluding hydrogens is 202 g/mol. The smallest absolute Gasteiger partial charge is 0.251 e. The molecule has 0 aliphatic heterocycles. The molecule has 1 aromatic carbocycles. The Hall–Kier alpha value is -1.51. The summed E-state index contributed by atoms with van der Waals surface area (Å²) in [6, 6.07) is 5.10. The van der Waals surface area contributed by atoms with Crippen molar-refractivity contribution >= 4 is 5.91 Å². The lowest BCUT2D eigenvalue weighted by atomic mass is 10.0. The van der Waals surface area contributed by atoms with Crippen LogP contribution in [0, 0.1) is 12.8 Å². The molecule has 1 aromatic rings. The maximum Gasteiger partial charge on any atom is 0.251 e. The summed E-state index contributed by atoms with van der Waals surface area (Å²) in [5.41, 5.74) is 1.16. The monoisotopic (exact) mass is 221 g/mol. The molecule has 0 spiro atoms. The largest absolute Gasteiger partial charge is 0.508 e. The van der Waals surface area contributed by atoms with Crippen LogP contribution in [0.5, 0.6) is 5.75 Å². The van der Waals surface area contributed by atoms with Crippen molar-refractivity contribution in [3.8, 4) is 5.75 Å². The summed E-state index contributed by atoms with van der Waals surface area (Å²) < 4.78 is 0. The second kappa shape index (κ2) is 5.01. The highest BCUT2D eigenvalue weighted by molar-refractivity contribution is 5.96. The molecule has 0 fully saturated rings. The zero-order valence-corrected chi connectivity index (χ0v) is 10.2. The van der Waals surface area contributed by atoms with E-state index >= 15 is 0 Å². The van der Waals surface area contributed by atoms with Crippen LogP contribution >= 0.6 is 0 Å². The van der Waals surface area contributed by atoms with Crippen molar-refractivity contribution < 1.29 is 9.90 Å². The van der Waals surface area contributed by atoms with Crippen LogP contribution in [0.4, 0.5) is 0 Å². The van der Waals surface area contributed by atoms with E-state index in [2.05, 4.69) is 19.2 Å². The summed E-state index contributed by atoms with van der Waals surface area (Å²) in [4.78, 5) is 11.9. The molecule has 0 saturated heterocycles. The Balaban J connectivity index is 2.85. The summed E-state index contributed by atoms with van der Waals surface area (Å²) in [5, 5.41) is 12.4. The van der Waals surface area contributed by atoms with Gasteiger partial charge in [-0.25, -0.2) is 0 Å². The zero-order valence-electron chi connectivity index (χ0n) is 10.2. The lowest BCUT2D eigenvalue weighted by Gasteiger charge is -2.18. The number of nitrogens with one attached hydrogen (secondary N) is 1. The maximum absolute atomic E-state index is 11.9. The van der Waals surface area contributed by atoms with Gasteiger partial charge in [0.2, 0.25) is 0 Å². The fraction of sp³-hybridized carbons (Fsp3) is 0.462. The zero-order chi connectivity index (χ0) is 12.3. The van der Waals surface area contributed by atoms with Crippen molar-refractivity contribution in [2.45, 2.75) is 33.7 Å². The van der Waals surface area contributed by atoms with Gasteiger partial charge in [-0.3, -0.25) is 4.79 Å². The number of hydrogen-bond acceptors (Lipinski definition) is 2. The first-order valence-corrected chi connectivity index (χ1v) is 5.53. The highest BCUT2D eigenvalue weighted by atomic mass is 16.3. The Kier molecular flexibility index (Phi) is 3.93. The van der Waals surface area contributed by atoms with Gasteiger partial charge >= 0.3 is 0 Å². The van der Waals surface area contributed by atoms with Crippen molar-refractivity contribution in [1.82, 2.24) is 5.32 Å². The first-order valence-electron chi connectivity index (χ1n) is 5.53. The van der Waals surface area contributed by atoms with Crippen molar-refractivity contribution in [1.29, 1.82) is 0 Å². The molecule has 1 atom stereocenters. The Bertz CT molecular complexity index is 386. The number of carbonyl (C=O) groups is 1. The minimum Gasteiger partial charge on any atom is -0.508 e. The van der Waals surface area contributed by atoms with Crippen LogP contribution in [0.2, 0.25) is 0 Å². The topological polar surface area (TPSA) is 49.3 Å². The second-order valence-electron chi connectivity index (χ2n) is 4.46. The van der Waals surface area contributed by atoms with Crippen LogP contribution in [0.1, 0.15) is 36.7 Å². The van der Waals surface area contributed by atoms with Gasteiger partial charge in [0.1, 0.15) is 5.75 Å². The van der Waals surface area contributed by atoms with E-state index < -0.39 is 0 Å². The van der Waals surface area contributed by atoms with Crippen LogP contribution in [-0.4, -0.2) is 17.1 Å². The van der Waals surface area contributed by atoms with E-state index in [0.29, 0.717) is 17.0 Å². The summed E-state index contributed by atoms with van der Waals surface area (Å²) >= 11 is 0. The summed E-state index contributed by atoms with van der Waals surface area (Å²) in [6.45, 7) is 7.82. The number of rotatable bonds is 3. The summed E-state index contributed by atoms with van der Waals surface area (Å²) in [6.07, 6.45) is 0. The third kappa shape index (κ3) is 2.75. The van der Waals surface area contributed by atoms with Gasteiger partial charge in [-0.05, 0) is 31.9 Å². The molecule has 3 heteroatoms. The number of phenols is 1. The SMILES string of the molecule is Cc1c(O)cccc1C(=O)NC(C)C(C)C. The molecule has 3 nitrogen and oxygen atoms in total. The Morgan fingerprint density at radius 2 is 1.94 bits per heavy atom. The van der Waals surface area contributed by atoms with E-state index in [1.54, 1.807) is 25.1 Å². The molecule has 1 amide bonds. The molecule has 16 heavy (non-hydrogen) atoms. The molecule has 0 aliphatic carbocycles. The fourth-order valence-electron chi connectivity index (χ4n) is 1.32. The highest BCUT2D eigenvalue weighted by Gasteiger charge is 2.15. The number of phenolic OH excluding ortho intramolecular Hbond substituents is 1. The predicted octanol–water partition coefficient (Wildman–Crippen LogP) is 2.47. The highest BCUT2D eigenvalue weighted by Crippen LogP contribution is 2.19. The second-order valence-corrected chi connectivity index (χ2v) is 4.46. The predicted molar refractivity (Wildman–Crippen MR) is 64.6 cm³/mol. The van der Waals surface area contributed by atoms with E-state index in [1.165, 1.54) is 0 Å². The molecule has 0 aliphatic rings. The molecule has 0 radical (unpaired) electrons. The van der Waals surface area contributed by atoms with E-state index in [0.717, 1.165) is 0 Å². The molecule has 0 bridgehead atoms. The standard InChI is InChI=1S/C13H19NO2/c1-8(2)10(4)14-13(16)11-6-5-7-12(15)9(11)3/h5-8,10,15H,1-4H3,(H,14,16). The van der Waals surface area contributed by atoms with E-state index in [-0.39, 0.29) is 17.7 Å². The van der Waals surface area contributed by atoms with Gasteiger partial charge in [0.15, 0.2) is 0 Å². The Morgan fingerprint density at radius 1 is 1.31 bits per heavy atom. The number of carbonyl (C=O) groups excluding carboxylic acids is 1. The number of hydrogen-bond donors (Lipinski definition) is 2. The molecule has 1 rings (SSSR count). The number of aromatic hydroxyl groups is 1. The quantitative estimate of drug-likeness (QED) is 0.823. The summed E-state index contributed by atoms with van der Waals surface area (Å²) in [7, 11) is 0. The third-order valence-corrected chi connectivity index (χ3v) is 2.91. The van der Waals surface area contributed by atoms with Gasteiger partial charge in [-0.1, -0.05) is 19.9 Å². The first kappa shape index (κ1) is 12.6. The van der Waals surface area contributed by atoms with Crippen LogP contribution in [0.3, 0.4) is 0 Å². The number of benzene rings is 1. The molecule has 0 heterocycles. The lowest BCUT2D eigenvalue weighted by Crippen LogP contribution is -2.36. The van der Waals surface area contributed by atoms with Gasteiger partial charge in [-0.15, -0.1) is 0 Å². The molecule has 88 valence electrons. The normalized spacial score (nSPS) is 12.6. The molecule has 1 unspecified atom stereocenters. The van der Waals surface area contributed by atoms with E-state index in [4.69, 9.17) is 0 Å². The third-order valence-electron chi connectivity index (χ3n) is 2.91. The van der Waals surface area contributed by atoms with Crippen LogP contribution < -0.4 is 5.32 Å².